The lowest BCUT2D eigenvalue weighted by atomic mass is 9.99. The van der Waals surface area contributed by atoms with Gasteiger partial charge in [0, 0.05) is 6.54 Å². The third-order valence-electron chi connectivity index (χ3n) is 3.33. The standard InChI is InChI=1S/C11H17BrN2O3S/c1-2-14-11(9(12)6-13-14)10(15)5-8-3-4-18(16,17)7-8/h6,8,10,15H,2-5,7H2,1H3. The van der Waals surface area contributed by atoms with Gasteiger partial charge in [-0.25, -0.2) is 8.42 Å². The highest BCUT2D eigenvalue weighted by molar-refractivity contribution is 9.10. The lowest BCUT2D eigenvalue weighted by Gasteiger charge is -2.16. The van der Waals surface area contributed by atoms with Crippen LogP contribution in [0.1, 0.15) is 31.6 Å². The third-order valence-corrected chi connectivity index (χ3v) is 5.78. The van der Waals surface area contributed by atoms with Crippen molar-refractivity contribution in [3.8, 4) is 0 Å². The van der Waals surface area contributed by atoms with Crippen molar-refractivity contribution >= 4 is 25.8 Å². The van der Waals surface area contributed by atoms with Crippen molar-refractivity contribution in [2.24, 2.45) is 5.92 Å². The Morgan fingerprint density at radius 1 is 1.67 bits per heavy atom. The maximum atomic E-state index is 11.4. The Morgan fingerprint density at radius 2 is 2.39 bits per heavy atom. The van der Waals surface area contributed by atoms with Gasteiger partial charge in [0.2, 0.25) is 0 Å². The number of aryl methyl sites for hydroxylation is 1. The van der Waals surface area contributed by atoms with Gasteiger partial charge in [0.15, 0.2) is 9.84 Å². The summed E-state index contributed by atoms with van der Waals surface area (Å²) in [6, 6.07) is 0. The van der Waals surface area contributed by atoms with Gasteiger partial charge in [-0.15, -0.1) is 0 Å². The number of hydrogen-bond donors (Lipinski definition) is 1. The van der Waals surface area contributed by atoms with Gasteiger partial charge in [-0.2, -0.15) is 5.10 Å². The third kappa shape index (κ3) is 2.95. The molecule has 0 amide bonds. The quantitative estimate of drug-likeness (QED) is 0.904. The lowest BCUT2D eigenvalue weighted by molar-refractivity contribution is 0.138. The summed E-state index contributed by atoms with van der Waals surface area (Å²) in [5.74, 6) is 0.498. The zero-order valence-electron chi connectivity index (χ0n) is 10.2. The van der Waals surface area contributed by atoms with Gasteiger partial charge in [-0.05, 0) is 41.6 Å². The molecule has 2 rings (SSSR count). The molecule has 2 atom stereocenters. The minimum Gasteiger partial charge on any atom is -0.387 e. The van der Waals surface area contributed by atoms with E-state index < -0.39 is 15.9 Å². The topological polar surface area (TPSA) is 72.2 Å². The number of aliphatic hydroxyl groups excluding tert-OH is 1. The highest BCUT2D eigenvalue weighted by atomic mass is 79.9. The van der Waals surface area contributed by atoms with Crippen molar-refractivity contribution in [3.63, 3.8) is 0 Å². The molecule has 1 fully saturated rings. The SMILES string of the molecule is CCn1ncc(Br)c1C(O)CC1CCS(=O)(=O)C1. The molecule has 7 heteroatoms. The maximum absolute atomic E-state index is 11.4. The van der Waals surface area contributed by atoms with Crippen LogP contribution >= 0.6 is 15.9 Å². The van der Waals surface area contributed by atoms with Gasteiger partial charge in [0.25, 0.3) is 0 Å². The van der Waals surface area contributed by atoms with E-state index in [4.69, 9.17) is 0 Å². The first-order valence-electron chi connectivity index (χ1n) is 6.02. The monoisotopic (exact) mass is 336 g/mol. The van der Waals surface area contributed by atoms with Crippen LogP contribution in [0.4, 0.5) is 0 Å². The van der Waals surface area contributed by atoms with Crippen LogP contribution in [0.2, 0.25) is 0 Å². The molecule has 1 saturated heterocycles. The van der Waals surface area contributed by atoms with Crippen molar-refractivity contribution in [1.29, 1.82) is 0 Å². The van der Waals surface area contributed by atoms with Crippen molar-refractivity contribution in [1.82, 2.24) is 9.78 Å². The first-order valence-corrected chi connectivity index (χ1v) is 8.64. The Bertz CT molecular complexity index is 526. The summed E-state index contributed by atoms with van der Waals surface area (Å²) in [7, 11) is -2.88. The average Bonchev–Trinajstić information content (AvgIpc) is 2.81. The Kier molecular flexibility index (Phi) is 4.13. The highest BCUT2D eigenvalue weighted by Crippen LogP contribution is 2.32. The van der Waals surface area contributed by atoms with Gasteiger partial charge < -0.3 is 5.11 Å². The molecule has 5 nitrogen and oxygen atoms in total. The minimum atomic E-state index is -2.88. The molecular weight excluding hydrogens is 320 g/mol. The summed E-state index contributed by atoms with van der Waals surface area (Å²) >= 11 is 3.37. The van der Waals surface area contributed by atoms with E-state index in [1.165, 1.54) is 0 Å². The van der Waals surface area contributed by atoms with Crippen molar-refractivity contribution in [3.05, 3.63) is 16.4 Å². The fraction of sp³-hybridized carbons (Fsp3) is 0.727. The number of nitrogens with zero attached hydrogens (tertiary/aromatic N) is 2. The largest absolute Gasteiger partial charge is 0.387 e. The number of sulfone groups is 1. The second-order valence-electron chi connectivity index (χ2n) is 4.71. The molecule has 18 heavy (non-hydrogen) atoms. The van der Waals surface area contributed by atoms with E-state index in [1.54, 1.807) is 10.9 Å². The van der Waals surface area contributed by atoms with E-state index >= 15 is 0 Å². The lowest BCUT2D eigenvalue weighted by Crippen LogP contribution is -2.13. The zero-order chi connectivity index (χ0) is 13.3. The highest BCUT2D eigenvalue weighted by Gasteiger charge is 2.31. The van der Waals surface area contributed by atoms with Gasteiger partial charge in [-0.3, -0.25) is 4.68 Å². The van der Waals surface area contributed by atoms with Crippen molar-refractivity contribution in [2.75, 3.05) is 11.5 Å². The van der Waals surface area contributed by atoms with Crippen LogP contribution in [0.3, 0.4) is 0 Å². The zero-order valence-corrected chi connectivity index (χ0v) is 12.6. The Labute approximate surface area is 115 Å². The summed E-state index contributed by atoms with van der Waals surface area (Å²) in [5.41, 5.74) is 0.738. The first kappa shape index (κ1) is 14.0. The number of aromatic nitrogens is 2. The van der Waals surface area contributed by atoms with Gasteiger partial charge in [-0.1, -0.05) is 0 Å². The molecule has 2 unspecified atom stereocenters. The minimum absolute atomic E-state index is 0.0529. The number of halogens is 1. The van der Waals surface area contributed by atoms with Crippen LogP contribution in [0.25, 0.3) is 0 Å². The Morgan fingerprint density at radius 3 is 2.94 bits per heavy atom. The molecule has 2 heterocycles. The fourth-order valence-electron chi connectivity index (χ4n) is 2.44. The van der Waals surface area contributed by atoms with E-state index in [9.17, 15) is 13.5 Å². The fourth-order valence-corrected chi connectivity index (χ4v) is 4.88. The molecule has 0 aliphatic carbocycles. The van der Waals surface area contributed by atoms with Crippen LogP contribution in [0, 0.1) is 5.92 Å². The normalized spacial score (nSPS) is 24.3. The summed E-state index contributed by atoms with van der Waals surface area (Å²) < 4.78 is 25.3. The predicted octanol–water partition coefficient (Wildman–Crippen LogP) is 1.52. The van der Waals surface area contributed by atoms with Crippen molar-refractivity contribution < 1.29 is 13.5 Å². The molecule has 1 aliphatic rings. The molecule has 102 valence electrons. The van der Waals surface area contributed by atoms with E-state index in [0.717, 1.165) is 10.2 Å². The molecular formula is C11H17BrN2O3S. The van der Waals surface area contributed by atoms with E-state index in [-0.39, 0.29) is 17.4 Å². The van der Waals surface area contributed by atoms with Gasteiger partial charge in [0.1, 0.15) is 0 Å². The number of rotatable bonds is 4. The number of aliphatic hydroxyl groups is 1. The van der Waals surface area contributed by atoms with E-state index in [1.807, 2.05) is 6.92 Å². The summed E-state index contributed by atoms with van der Waals surface area (Å²) in [5, 5.41) is 14.4. The Hall–Kier alpha value is -0.400. The first-order chi connectivity index (χ1) is 8.43. The van der Waals surface area contributed by atoms with Gasteiger partial charge in [0.05, 0.1) is 34.0 Å². The summed E-state index contributed by atoms with van der Waals surface area (Å²) in [6.07, 6.45) is 2.12. The Balaban J connectivity index is 2.08. The van der Waals surface area contributed by atoms with Crippen molar-refractivity contribution in [2.45, 2.75) is 32.4 Å². The van der Waals surface area contributed by atoms with Crippen LogP contribution in [0.15, 0.2) is 10.7 Å². The van der Waals surface area contributed by atoms with Gasteiger partial charge >= 0.3 is 0 Å². The average molecular weight is 337 g/mol. The molecule has 0 bridgehead atoms. The second kappa shape index (κ2) is 5.30. The molecule has 0 spiro atoms. The van der Waals surface area contributed by atoms with E-state index in [0.29, 0.717) is 19.4 Å². The smallest absolute Gasteiger partial charge is 0.150 e. The molecule has 0 aromatic carbocycles. The summed E-state index contributed by atoms with van der Waals surface area (Å²) in [6.45, 7) is 2.64. The van der Waals surface area contributed by atoms with Crippen LogP contribution < -0.4 is 0 Å². The van der Waals surface area contributed by atoms with Crippen LogP contribution in [-0.4, -0.2) is 34.8 Å². The molecule has 1 N–H and O–H groups in total. The molecule has 1 aliphatic heterocycles. The molecule has 1 aromatic rings. The molecule has 0 radical (unpaired) electrons. The summed E-state index contributed by atoms with van der Waals surface area (Å²) in [4.78, 5) is 0. The van der Waals surface area contributed by atoms with Crippen LogP contribution in [0.5, 0.6) is 0 Å². The molecule has 1 aromatic heterocycles. The van der Waals surface area contributed by atoms with E-state index in [2.05, 4.69) is 21.0 Å². The molecule has 0 saturated carbocycles. The number of hydrogen-bond acceptors (Lipinski definition) is 4. The maximum Gasteiger partial charge on any atom is 0.150 e. The second-order valence-corrected chi connectivity index (χ2v) is 7.80. The van der Waals surface area contributed by atoms with Crippen LogP contribution in [-0.2, 0) is 16.4 Å². The predicted molar refractivity (Wildman–Crippen MR) is 71.9 cm³/mol.